The molecule has 0 aliphatic rings. The van der Waals surface area contributed by atoms with Crippen molar-refractivity contribution in [2.24, 2.45) is 0 Å². The molecule has 1 heteroatoms. The second-order valence-corrected chi connectivity index (χ2v) is 3.03. The Bertz CT molecular complexity index is 432. The summed E-state index contributed by atoms with van der Waals surface area (Å²) in [6.45, 7) is 3.71. The Balaban J connectivity index is 2.55. The van der Waals surface area contributed by atoms with Crippen molar-refractivity contribution in [2.75, 3.05) is 0 Å². The molecule has 0 radical (unpaired) electrons. The normalized spacial score (nSPS) is 10.2. The van der Waals surface area contributed by atoms with Gasteiger partial charge in [-0.25, -0.2) is 0 Å². The fourth-order valence-electron chi connectivity index (χ4n) is 1.39. The molecular formula is C12H11N. The maximum atomic E-state index is 4.35. The molecule has 0 saturated heterocycles. The molecule has 1 nitrogen and oxygen atoms in total. The molecular weight excluding hydrogens is 158 g/mol. The van der Waals surface area contributed by atoms with E-state index >= 15 is 0 Å². The number of para-hydroxylation sites is 1. The van der Waals surface area contributed by atoms with Crippen LogP contribution in [0, 0.1) is 0 Å². The molecule has 0 spiro atoms. The zero-order chi connectivity index (χ0) is 9.10. The smallest absolute Gasteiger partial charge is 0.0702 e. The highest BCUT2D eigenvalue weighted by Gasteiger charge is 1.94. The molecule has 13 heavy (non-hydrogen) atoms. The van der Waals surface area contributed by atoms with Crippen molar-refractivity contribution in [2.45, 2.75) is 6.42 Å². The van der Waals surface area contributed by atoms with Crippen LogP contribution in [-0.4, -0.2) is 4.98 Å². The van der Waals surface area contributed by atoms with Crippen LogP contribution in [0.3, 0.4) is 0 Å². The Kier molecular flexibility index (Phi) is 2.09. The molecule has 0 N–H and O–H groups in total. The van der Waals surface area contributed by atoms with E-state index in [-0.39, 0.29) is 0 Å². The zero-order valence-corrected chi connectivity index (χ0v) is 7.40. The summed E-state index contributed by atoms with van der Waals surface area (Å²) in [7, 11) is 0. The van der Waals surface area contributed by atoms with Gasteiger partial charge in [-0.1, -0.05) is 24.3 Å². The molecule has 0 atom stereocenters. The predicted octanol–water partition coefficient (Wildman–Crippen LogP) is 2.96. The Morgan fingerprint density at radius 2 is 2.15 bits per heavy atom. The standard InChI is InChI=1S/C12H11N/c1-2-5-10-8-11-6-3-4-7-12(11)13-9-10/h2-4,6-9H,1,5H2. The first-order chi connectivity index (χ1) is 6.40. The van der Waals surface area contributed by atoms with E-state index < -0.39 is 0 Å². The van der Waals surface area contributed by atoms with Gasteiger partial charge in [-0.15, -0.1) is 6.58 Å². The first-order valence-corrected chi connectivity index (χ1v) is 4.35. The third-order valence-corrected chi connectivity index (χ3v) is 2.03. The van der Waals surface area contributed by atoms with Crippen molar-refractivity contribution in [1.29, 1.82) is 0 Å². The van der Waals surface area contributed by atoms with E-state index in [0.29, 0.717) is 0 Å². The number of rotatable bonds is 2. The maximum Gasteiger partial charge on any atom is 0.0702 e. The predicted molar refractivity (Wildman–Crippen MR) is 55.6 cm³/mol. The van der Waals surface area contributed by atoms with Crippen LogP contribution in [0.5, 0.6) is 0 Å². The van der Waals surface area contributed by atoms with Gasteiger partial charge < -0.3 is 0 Å². The van der Waals surface area contributed by atoms with Crippen molar-refractivity contribution >= 4 is 10.9 Å². The van der Waals surface area contributed by atoms with Crippen LogP contribution in [0.25, 0.3) is 10.9 Å². The third-order valence-electron chi connectivity index (χ3n) is 2.03. The van der Waals surface area contributed by atoms with E-state index in [4.69, 9.17) is 0 Å². The van der Waals surface area contributed by atoms with E-state index in [1.807, 2.05) is 30.5 Å². The highest BCUT2D eigenvalue weighted by atomic mass is 14.6. The molecule has 1 heterocycles. The lowest BCUT2D eigenvalue weighted by Gasteiger charge is -1.99. The minimum absolute atomic E-state index is 0.887. The number of pyridine rings is 1. The molecule has 0 amide bonds. The molecule has 2 rings (SSSR count). The summed E-state index contributed by atoms with van der Waals surface area (Å²) in [4.78, 5) is 4.35. The van der Waals surface area contributed by atoms with Crippen LogP contribution in [0.2, 0.25) is 0 Å². The number of nitrogens with zero attached hydrogens (tertiary/aromatic N) is 1. The second kappa shape index (κ2) is 3.40. The van der Waals surface area contributed by atoms with E-state index in [0.717, 1.165) is 11.9 Å². The Morgan fingerprint density at radius 1 is 1.31 bits per heavy atom. The highest BCUT2D eigenvalue weighted by Crippen LogP contribution is 2.12. The largest absolute Gasteiger partial charge is 0.256 e. The molecule has 0 aliphatic carbocycles. The van der Waals surface area contributed by atoms with Gasteiger partial charge in [0.25, 0.3) is 0 Å². The Hall–Kier alpha value is -1.63. The molecule has 0 fully saturated rings. The lowest BCUT2D eigenvalue weighted by atomic mass is 10.1. The fraction of sp³-hybridized carbons (Fsp3) is 0.0833. The number of allylic oxidation sites excluding steroid dienone is 1. The minimum atomic E-state index is 0.887. The summed E-state index contributed by atoms with van der Waals surface area (Å²) >= 11 is 0. The molecule has 0 saturated carbocycles. The van der Waals surface area contributed by atoms with Gasteiger partial charge in [-0.3, -0.25) is 4.98 Å². The van der Waals surface area contributed by atoms with Crippen LogP contribution in [0.4, 0.5) is 0 Å². The molecule has 1 aromatic heterocycles. The first kappa shape index (κ1) is 7.99. The lowest BCUT2D eigenvalue weighted by molar-refractivity contribution is 1.23. The topological polar surface area (TPSA) is 12.9 Å². The summed E-state index contributed by atoms with van der Waals surface area (Å²) in [5.41, 5.74) is 2.27. The number of fused-ring (bicyclic) bond motifs is 1. The van der Waals surface area contributed by atoms with Gasteiger partial charge in [0.1, 0.15) is 0 Å². The van der Waals surface area contributed by atoms with Crippen molar-refractivity contribution in [3.8, 4) is 0 Å². The van der Waals surface area contributed by atoms with E-state index in [1.165, 1.54) is 10.9 Å². The van der Waals surface area contributed by atoms with Crippen LogP contribution in [-0.2, 0) is 6.42 Å². The lowest BCUT2D eigenvalue weighted by Crippen LogP contribution is -1.84. The number of benzene rings is 1. The average Bonchev–Trinajstić information content (AvgIpc) is 2.18. The van der Waals surface area contributed by atoms with Gasteiger partial charge >= 0.3 is 0 Å². The van der Waals surface area contributed by atoms with Crippen LogP contribution < -0.4 is 0 Å². The summed E-state index contributed by atoms with van der Waals surface area (Å²) in [6.07, 6.45) is 4.69. The van der Waals surface area contributed by atoms with Gasteiger partial charge in [0, 0.05) is 11.6 Å². The fourth-order valence-corrected chi connectivity index (χ4v) is 1.39. The van der Waals surface area contributed by atoms with Crippen molar-refractivity contribution in [3.63, 3.8) is 0 Å². The monoisotopic (exact) mass is 169 g/mol. The number of hydrogen-bond acceptors (Lipinski definition) is 1. The summed E-state index contributed by atoms with van der Waals surface area (Å²) in [5, 5.41) is 1.20. The van der Waals surface area contributed by atoms with Crippen molar-refractivity contribution in [1.82, 2.24) is 4.98 Å². The Labute approximate surface area is 77.7 Å². The van der Waals surface area contributed by atoms with Gasteiger partial charge in [0.2, 0.25) is 0 Å². The molecule has 2 aromatic rings. The van der Waals surface area contributed by atoms with Crippen molar-refractivity contribution in [3.05, 3.63) is 54.7 Å². The van der Waals surface area contributed by atoms with Crippen LogP contribution in [0.15, 0.2) is 49.2 Å². The minimum Gasteiger partial charge on any atom is -0.256 e. The van der Waals surface area contributed by atoms with E-state index in [2.05, 4.69) is 23.7 Å². The zero-order valence-electron chi connectivity index (χ0n) is 7.40. The van der Waals surface area contributed by atoms with Gasteiger partial charge in [-0.2, -0.15) is 0 Å². The van der Waals surface area contributed by atoms with Gasteiger partial charge in [0.15, 0.2) is 0 Å². The third kappa shape index (κ3) is 1.59. The van der Waals surface area contributed by atoms with Gasteiger partial charge in [-0.05, 0) is 24.1 Å². The first-order valence-electron chi connectivity index (χ1n) is 4.35. The molecule has 0 unspecified atom stereocenters. The molecule has 64 valence electrons. The average molecular weight is 169 g/mol. The number of aromatic nitrogens is 1. The molecule has 0 bridgehead atoms. The quantitative estimate of drug-likeness (QED) is 0.630. The van der Waals surface area contributed by atoms with Crippen molar-refractivity contribution < 1.29 is 0 Å². The maximum absolute atomic E-state index is 4.35. The Morgan fingerprint density at radius 3 is 3.00 bits per heavy atom. The number of hydrogen-bond donors (Lipinski definition) is 0. The molecule has 0 aliphatic heterocycles. The van der Waals surface area contributed by atoms with Crippen LogP contribution in [0.1, 0.15) is 5.56 Å². The summed E-state index contributed by atoms with van der Waals surface area (Å²) < 4.78 is 0. The highest BCUT2D eigenvalue weighted by molar-refractivity contribution is 5.78. The SMILES string of the molecule is C=CCc1cnc2ccccc2c1. The summed E-state index contributed by atoms with van der Waals surface area (Å²) in [6, 6.07) is 10.3. The van der Waals surface area contributed by atoms with Crippen LogP contribution >= 0.6 is 0 Å². The molecule has 1 aromatic carbocycles. The van der Waals surface area contributed by atoms with E-state index in [9.17, 15) is 0 Å². The summed E-state index contributed by atoms with van der Waals surface area (Å²) in [5.74, 6) is 0. The second-order valence-electron chi connectivity index (χ2n) is 3.03. The van der Waals surface area contributed by atoms with E-state index in [1.54, 1.807) is 0 Å². The van der Waals surface area contributed by atoms with Gasteiger partial charge in [0.05, 0.1) is 5.52 Å².